The quantitative estimate of drug-likeness (QED) is 0.522. The standard InChI is InChI=1S/C22H21ClN4O2S/c1-26-9-11-27(12-10-26)19-14-16(23)13-18-21(19)24-25-22(18)30(28,29)20-8-4-6-15-5-2-3-7-17(15)20/h2-8,13-14H,9-12H2,1H3,(H,24,25). The first-order valence-electron chi connectivity index (χ1n) is 9.79. The smallest absolute Gasteiger partial charge is 0.224 e. The molecule has 0 amide bonds. The van der Waals surface area contributed by atoms with E-state index in [4.69, 9.17) is 11.6 Å². The Morgan fingerprint density at radius 3 is 2.50 bits per heavy atom. The summed E-state index contributed by atoms with van der Waals surface area (Å²) in [6.45, 7) is 3.54. The number of aromatic amines is 1. The number of fused-ring (bicyclic) bond motifs is 2. The zero-order valence-corrected chi connectivity index (χ0v) is 18.0. The van der Waals surface area contributed by atoms with E-state index < -0.39 is 9.84 Å². The van der Waals surface area contributed by atoms with Gasteiger partial charge in [0, 0.05) is 42.0 Å². The average molecular weight is 441 g/mol. The predicted octanol–water partition coefficient (Wildman–Crippen LogP) is 3.95. The number of halogens is 1. The largest absolute Gasteiger partial charge is 0.367 e. The van der Waals surface area contributed by atoms with Gasteiger partial charge in [0.05, 0.1) is 10.6 Å². The molecule has 0 atom stereocenters. The van der Waals surface area contributed by atoms with Crippen LogP contribution >= 0.6 is 11.6 Å². The van der Waals surface area contributed by atoms with Crippen molar-refractivity contribution in [2.24, 2.45) is 0 Å². The summed E-state index contributed by atoms with van der Waals surface area (Å²) in [5.74, 6) is 0. The molecule has 6 nitrogen and oxygen atoms in total. The first-order valence-corrected chi connectivity index (χ1v) is 11.7. The van der Waals surface area contributed by atoms with E-state index in [0.717, 1.165) is 37.3 Å². The molecule has 8 heteroatoms. The summed E-state index contributed by atoms with van der Waals surface area (Å²) in [7, 11) is -1.73. The Labute approximate surface area is 180 Å². The highest BCUT2D eigenvalue weighted by Crippen LogP contribution is 2.36. The summed E-state index contributed by atoms with van der Waals surface area (Å²) in [6, 6.07) is 16.3. The molecule has 1 aliphatic heterocycles. The van der Waals surface area contributed by atoms with Crippen molar-refractivity contribution in [1.82, 2.24) is 15.1 Å². The molecule has 1 fully saturated rings. The maximum atomic E-state index is 13.6. The van der Waals surface area contributed by atoms with Gasteiger partial charge in [-0.2, -0.15) is 5.10 Å². The summed E-state index contributed by atoms with van der Waals surface area (Å²) < 4.78 is 27.3. The van der Waals surface area contributed by atoms with Gasteiger partial charge in [-0.15, -0.1) is 0 Å². The summed E-state index contributed by atoms with van der Waals surface area (Å²) >= 11 is 6.42. The second-order valence-electron chi connectivity index (χ2n) is 7.64. The molecule has 1 aliphatic rings. The molecule has 30 heavy (non-hydrogen) atoms. The van der Waals surface area contributed by atoms with Crippen LogP contribution in [0.2, 0.25) is 5.02 Å². The molecule has 2 heterocycles. The lowest BCUT2D eigenvalue weighted by Crippen LogP contribution is -2.44. The van der Waals surface area contributed by atoms with Crippen molar-refractivity contribution in [2.75, 3.05) is 38.1 Å². The van der Waals surface area contributed by atoms with E-state index in [1.165, 1.54) is 0 Å². The van der Waals surface area contributed by atoms with Crippen LogP contribution in [0.4, 0.5) is 5.69 Å². The minimum atomic E-state index is -3.83. The first-order chi connectivity index (χ1) is 14.4. The van der Waals surface area contributed by atoms with Crippen LogP contribution in [-0.2, 0) is 9.84 Å². The van der Waals surface area contributed by atoms with E-state index in [0.29, 0.717) is 21.3 Å². The molecule has 3 aromatic carbocycles. The fourth-order valence-electron chi connectivity index (χ4n) is 4.08. The van der Waals surface area contributed by atoms with Crippen molar-refractivity contribution in [1.29, 1.82) is 0 Å². The molecule has 0 spiro atoms. The predicted molar refractivity (Wildman–Crippen MR) is 120 cm³/mol. The monoisotopic (exact) mass is 440 g/mol. The Balaban J connectivity index is 1.68. The van der Waals surface area contributed by atoms with Gasteiger partial charge in [-0.3, -0.25) is 5.10 Å². The molecule has 0 unspecified atom stereocenters. The minimum Gasteiger partial charge on any atom is -0.367 e. The Hall–Kier alpha value is -2.61. The van der Waals surface area contributed by atoms with E-state index in [1.54, 1.807) is 18.2 Å². The number of likely N-dealkylation sites (N-methyl/N-ethyl adjacent to an activating group) is 1. The van der Waals surface area contributed by atoms with Crippen LogP contribution in [0.5, 0.6) is 0 Å². The lowest BCUT2D eigenvalue weighted by molar-refractivity contribution is 0.313. The molecular weight excluding hydrogens is 420 g/mol. The molecule has 0 aliphatic carbocycles. The van der Waals surface area contributed by atoms with Gasteiger partial charge in [-0.05, 0) is 30.6 Å². The fourth-order valence-corrected chi connectivity index (χ4v) is 5.85. The third-order valence-electron chi connectivity index (χ3n) is 5.72. The highest BCUT2D eigenvalue weighted by atomic mass is 35.5. The van der Waals surface area contributed by atoms with E-state index in [-0.39, 0.29) is 9.92 Å². The van der Waals surface area contributed by atoms with Crippen molar-refractivity contribution < 1.29 is 8.42 Å². The maximum Gasteiger partial charge on any atom is 0.224 e. The molecule has 1 N–H and O–H groups in total. The molecule has 4 aromatic rings. The number of rotatable bonds is 3. The second kappa shape index (κ2) is 7.27. The Bertz CT molecular complexity index is 1350. The van der Waals surface area contributed by atoms with E-state index in [2.05, 4.69) is 27.0 Å². The number of aromatic nitrogens is 2. The number of hydrogen-bond acceptors (Lipinski definition) is 5. The number of nitrogens with zero attached hydrogens (tertiary/aromatic N) is 3. The van der Waals surface area contributed by atoms with Crippen LogP contribution in [-0.4, -0.2) is 56.7 Å². The number of nitrogens with one attached hydrogen (secondary N) is 1. The Morgan fingerprint density at radius 2 is 1.70 bits per heavy atom. The minimum absolute atomic E-state index is 0.0757. The third kappa shape index (κ3) is 3.14. The topological polar surface area (TPSA) is 69.3 Å². The highest BCUT2D eigenvalue weighted by Gasteiger charge is 2.27. The van der Waals surface area contributed by atoms with Crippen LogP contribution < -0.4 is 4.90 Å². The number of piperazine rings is 1. The van der Waals surface area contributed by atoms with Crippen LogP contribution in [0.15, 0.2) is 64.5 Å². The van der Waals surface area contributed by atoms with Crippen molar-refractivity contribution in [3.8, 4) is 0 Å². The number of hydrogen-bond donors (Lipinski definition) is 1. The van der Waals surface area contributed by atoms with Crippen LogP contribution in [0.3, 0.4) is 0 Å². The zero-order valence-electron chi connectivity index (χ0n) is 16.5. The summed E-state index contributed by atoms with van der Waals surface area (Å²) in [5, 5.41) is 9.85. The first kappa shape index (κ1) is 19.4. The van der Waals surface area contributed by atoms with Gasteiger partial charge in [0.15, 0.2) is 5.03 Å². The Kier molecular flexibility index (Phi) is 4.69. The summed E-state index contributed by atoms with van der Waals surface area (Å²) in [4.78, 5) is 4.73. The lowest BCUT2D eigenvalue weighted by Gasteiger charge is -2.34. The molecule has 5 rings (SSSR count). The normalized spacial score (nSPS) is 15.9. The van der Waals surface area contributed by atoms with Gasteiger partial charge >= 0.3 is 0 Å². The SMILES string of the molecule is CN1CCN(c2cc(Cl)cc3c(S(=O)(=O)c4cccc5ccccc45)[nH]nc23)CC1. The van der Waals surface area contributed by atoms with Crippen LogP contribution in [0.1, 0.15) is 0 Å². The van der Waals surface area contributed by atoms with E-state index >= 15 is 0 Å². The van der Waals surface area contributed by atoms with Gasteiger partial charge in [0.1, 0.15) is 5.52 Å². The second-order valence-corrected chi connectivity index (χ2v) is 9.94. The Morgan fingerprint density at radius 1 is 0.967 bits per heavy atom. The summed E-state index contributed by atoms with van der Waals surface area (Å²) in [6.07, 6.45) is 0. The van der Waals surface area contributed by atoms with Gasteiger partial charge < -0.3 is 9.80 Å². The van der Waals surface area contributed by atoms with Crippen molar-refractivity contribution in [3.05, 3.63) is 59.6 Å². The number of anilines is 1. The molecule has 0 saturated carbocycles. The van der Waals surface area contributed by atoms with Crippen LogP contribution in [0, 0.1) is 0 Å². The van der Waals surface area contributed by atoms with Crippen LogP contribution in [0.25, 0.3) is 21.7 Å². The average Bonchev–Trinajstić information content (AvgIpc) is 3.18. The van der Waals surface area contributed by atoms with Gasteiger partial charge in [0.2, 0.25) is 9.84 Å². The lowest BCUT2D eigenvalue weighted by atomic mass is 10.1. The number of H-pyrrole nitrogens is 1. The van der Waals surface area contributed by atoms with Crippen molar-refractivity contribution in [3.63, 3.8) is 0 Å². The van der Waals surface area contributed by atoms with Crippen molar-refractivity contribution in [2.45, 2.75) is 9.92 Å². The summed E-state index contributed by atoms with van der Waals surface area (Å²) in [5.41, 5.74) is 1.49. The molecule has 1 aromatic heterocycles. The molecule has 0 radical (unpaired) electrons. The van der Waals surface area contributed by atoms with E-state index in [1.807, 2.05) is 36.4 Å². The molecular formula is C22H21ClN4O2S. The van der Waals surface area contributed by atoms with Gasteiger partial charge in [-0.25, -0.2) is 8.42 Å². The number of sulfone groups is 1. The fraction of sp³-hybridized carbons (Fsp3) is 0.227. The molecule has 154 valence electrons. The molecule has 0 bridgehead atoms. The van der Waals surface area contributed by atoms with Crippen molar-refractivity contribution >= 4 is 48.8 Å². The van der Waals surface area contributed by atoms with Gasteiger partial charge in [-0.1, -0.05) is 48.0 Å². The number of benzene rings is 3. The third-order valence-corrected chi connectivity index (χ3v) is 7.72. The maximum absolute atomic E-state index is 13.6. The van der Waals surface area contributed by atoms with Gasteiger partial charge in [0.25, 0.3) is 0 Å². The molecule has 1 saturated heterocycles. The van der Waals surface area contributed by atoms with E-state index in [9.17, 15) is 8.42 Å². The zero-order chi connectivity index (χ0) is 20.9. The highest BCUT2D eigenvalue weighted by molar-refractivity contribution is 7.91.